The van der Waals surface area contributed by atoms with Crippen LogP contribution >= 0.6 is 35.4 Å². The van der Waals surface area contributed by atoms with Crippen LogP contribution in [0, 0.1) is 11.7 Å². The lowest BCUT2D eigenvalue weighted by Gasteiger charge is -2.04. The van der Waals surface area contributed by atoms with Crippen molar-refractivity contribution in [3.63, 3.8) is 0 Å². The van der Waals surface area contributed by atoms with Crippen molar-refractivity contribution in [1.82, 2.24) is 19.7 Å². The number of nitrogens with one attached hydrogen (secondary N) is 2. The van der Waals surface area contributed by atoms with Crippen molar-refractivity contribution in [3.8, 4) is 5.69 Å². The van der Waals surface area contributed by atoms with Gasteiger partial charge in [0, 0.05) is 5.02 Å². The van der Waals surface area contributed by atoms with Crippen LogP contribution in [0.2, 0.25) is 10.0 Å². The molecule has 0 bridgehead atoms. The molecule has 0 aliphatic rings. The molecule has 7 heteroatoms. The van der Waals surface area contributed by atoms with E-state index in [1.807, 2.05) is 13.0 Å². The second kappa shape index (κ2) is 4.12. The molecule has 0 aliphatic carbocycles. The molecule has 0 atom stereocenters. The summed E-state index contributed by atoms with van der Waals surface area (Å²) < 4.78 is 2.28. The first-order valence-corrected chi connectivity index (χ1v) is 6.36. The molecule has 2 N–H and O–H groups in total. The lowest BCUT2D eigenvalue weighted by molar-refractivity contribution is 0.874. The standard InChI is InChI=1S/C11H8Cl2N4S/c1-5-9-10(15-11(18)14-9)17(16-5)8-3-2-6(12)4-7(8)13/h2-4H,1H3,(H2,14,15,18). The van der Waals surface area contributed by atoms with Gasteiger partial charge in [-0.15, -0.1) is 0 Å². The van der Waals surface area contributed by atoms with Gasteiger partial charge >= 0.3 is 0 Å². The summed E-state index contributed by atoms with van der Waals surface area (Å²) in [7, 11) is 0. The van der Waals surface area contributed by atoms with E-state index in [0.717, 1.165) is 22.5 Å². The molecule has 0 saturated heterocycles. The summed E-state index contributed by atoms with van der Waals surface area (Å²) in [5.41, 5.74) is 3.28. The van der Waals surface area contributed by atoms with Crippen LogP contribution in [-0.4, -0.2) is 19.7 Å². The number of benzene rings is 1. The maximum absolute atomic E-state index is 6.19. The third-order valence-electron chi connectivity index (χ3n) is 2.67. The summed E-state index contributed by atoms with van der Waals surface area (Å²) in [6.07, 6.45) is 0. The number of halogens is 2. The fraction of sp³-hybridized carbons (Fsp3) is 0.0909. The first-order valence-electron chi connectivity index (χ1n) is 5.19. The average molecular weight is 299 g/mol. The number of hydrogen-bond acceptors (Lipinski definition) is 2. The Balaban J connectivity index is 2.34. The largest absolute Gasteiger partial charge is 0.328 e. The maximum Gasteiger partial charge on any atom is 0.176 e. The molecule has 18 heavy (non-hydrogen) atoms. The van der Waals surface area contributed by atoms with Crippen LogP contribution in [0.1, 0.15) is 5.69 Å². The lowest BCUT2D eigenvalue weighted by atomic mass is 10.3. The van der Waals surface area contributed by atoms with Crippen LogP contribution < -0.4 is 0 Å². The zero-order valence-corrected chi connectivity index (χ0v) is 11.6. The Labute approximate surface area is 118 Å². The minimum Gasteiger partial charge on any atom is -0.328 e. The third kappa shape index (κ3) is 1.75. The predicted octanol–water partition coefficient (Wildman–Crippen LogP) is 4.03. The average Bonchev–Trinajstić information content (AvgIpc) is 2.79. The van der Waals surface area contributed by atoms with Gasteiger partial charge in [0.2, 0.25) is 0 Å². The van der Waals surface area contributed by atoms with E-state index in [1.165, 1.54) is 0 Å². The van der Waals surface area contributed by atoms with Crippen molar-refractivity contribution in [1.29, 1.82) is 0 Å². The molecule has 0 amide bonds. The monoisotopic (exact) mass is 298 g/mol. The molecule has 92 valence electrons. The van der Waals surface area contributed by atoms with Crippen molar-refractivity contribution in [3.05, 3.63) is 38.7 Å². The molecule has 0 fully saturated rings. The van der Waals surface area contributed by atoms with Gasteiger partial charge in [-0.3, -0.25) is 0 Å². The van der Waals surface area contributed by atoms with Crippen LogP contribution in [0.25, 0.3) is 16.9 Å². The molecule has 0 aliphatic heterocycles. The lowest BCUT2D eigenvalue weighted by Crippen LogP contribution is -1.98. The molecular formula is C11H8Cl2N4S. The van der Waals surface area contributed by atoms with Crippen LogP contribution in [0.5, 0.6) is 0 Å². The molecule has 3 rings (SSSR count). The van der Waals surface area contributed by atoms with Gasteiger partial charge in [0.05, 0.1) is 16.4 Å². The fourth-order valence-electron chi connectivity index (χ4n) is 1.87. The minimum atomic E-state index is 0.535. The zero-order valence-electron chi connectivity index (χ0n) is 9.29. The van der Waals surface area contributed by atoms with E-state index in [0.29, 0.717) is 14.8 Å². The molecule has 0 radical (unpaired) electrons. The van der Waals surface area contributed by atoms with Gasteiger partial charge in [-0.05, 0) is 37.3 Å². The maximum atomic E-state index is 6.19. The van der Waals surface area contributed by atoms with Crippen molar-refractivity contribution in [2.24, 2.45) is 0 Å². The van der Waals surface area contributed by atoms with E-state index in [-0.39, 0.29) is 0 Å². The van der Waals surface area contributed by atoms with Crippen molar-refractivity contribution in [2.45, 2.75) is 6.92 Å². The topological polar surface area (TPSA) is 49.4 Å². The SMILES string of the molecule is Cc1nn(-c2ccc(Cl)cc2Cl)c2[nH]c(=S)[nH]c12. The van der Waals surface area contributed by atoms with E-state index < -0.39 is 0 Å². The number of rotatable bonds is 1. The Bertz CT molecular complexity index is 799. The van der Waals surface area contributed by atoms with Crippen molar-refractivity contribution in [2.75, 3.05) is 0 Å². The highest BCUT2D eigenvalue weighted by Crippen LogP contribution is 2.27. The molecular weight excluding hydrogens is 291 g/mol. The van der Waals surface area contributed by atoms with E-state index in [9.17, 15) is 0 Å². The quantitative estimate of drug-likeness (QED) is 0.667. The smallest absolute Gasteiger partial charge is 0.176 e. The summed E-state index contributed by atoms with van der Waals surface area (Å²) >= 11 is 17.2. The second-order valence-corrected chi connectivity index (χ2v) is 5.15. The third-order valence-corrected chi connectivity index (χ3v) is 3.41. The van der Waals surface area contributed by atoms with Crippen molar-refractivity contribution >= 4 is 46.6 Å². The minimum absolute atomic E-state index is 0.535. The van der Waals surface area contributed by atoms with E-state index in [1.54, 1.807) is 16.8 Å². The summed E-state index contributed by atoms with van der Waals surface area (Å²) in [5.74, 6) is 0. The van der Waals surface area contributed by atoms with E-state index in [2.05, 4.69) is 15.1 Å². The molecule has 0 spiro atoms. The summed E-state index contributed by atoms with van der Waals surface area (Å²) in [5, 5.41) is 5.56. The van der Waals surface area contributed by atoms with Gasteiger partial charge in [0.25, 0.3) is 0 Å². The highest BCUT2D eigenvalue weighted by molar-refractivity contribution is 7.71. The van der Waals surface area contributed by atoms with Crippen LogP contribution in [-0.2, 0) is 0 Å². The molecule has 0 saturated carbocycles. The first kappa shape index (κ1) is 11.8. The van der Waals surface area contributed by atoms with Crippen LogP contribution in [0.3, 0.4) is 0 Å². The number of imidazole rings is 1. The molecule has 3 aromatic rings. The number of H-pyrrole nitrogens is 2. The number of aromatic nitrogens is 4. The van der Waals surface area contributed by atoms with E-state index >= 15 is 0 Å². The second-order valence-electron chi connectivity index (χ2n) is 3.90. The van der Waals surface area contributed by atoms with Gasteiger partial charge in [0.1, 0.15) is 5.52 Å². The van der Waals surface area contributed by atoms with E-state index in [4.69, 9.17) is 35.4 Å². The number of aryl methyl sites for hydroxylation is 1. The van der Waals surface area contributed by atoms with Crippen LogP contribution in [0.15, 0.2) is 18.2 Å². The molecule has 1 aromatic carbocycles. The summed E-state index contributed by atoms with van der Waals surface area (Å²) in [4.78, 5) is 6.11. The van der Waals surface area contributed by atoms with Gasteiger partial charge in [-0.2, -0.15) is 5.10 Å². The van der Waals surface area contributed by atoms with Gasteiger partial charge < -0.3 is 9.97 Å². The summed E-state index contributed by atoms with van der Waals surface area (Å²) in [6, 6.07) is 5.27. The normalized spacial score (nSPS) is 11.3. The Morgan fingerprint density at radius 3 is 2.78 bits per heavy atom. The molecule has 2 heterocycles. The Kier molecular flexibility index (Phi) is 2.69. The first-order chi connectivity index (χ1) is 8.56. The predicted molar refractivity (Wildman–Crippen MR) is 75.4 cm³/mol. The Morgan fingerprint density at radius 2 is 2.06 bits per heavy atom. The van der Waals surface area contributed by atoms with Crippen LogP contribution in [0.4, 0.5) is 0 Å². The fourth-order valence-corrected chi connectivity index (χ4v) is 2.56. The number of aromatic amines is 2. The van der Waals surface area contributed by atoms with Gasteiger partial charge in [-0.25, -0.2) is 4.68 Å². The molecule has 4 nitrogen and oxygen atoms in total. The highest BCUT2D eigenvalue weighted by atomic mass is 35.5. The number of nitrogens with zero attached hydrogens (tertiary/aromatic N) is 2. The number of fused-ring (bicyclic) bond motifs is 1. The number of hydrogen-bond donors (Lipinski definition) is 2. The van der Waals surface area contributed by atoms with Gasteiger partial charge in [-0.1, -0.05) is 23.2 Å². The zero-order chi connectivity index (χ0) is 12.9. The Hall–Kier alpha value is -1.30. The Morgan fingerprint density at radius 1 is 1.28 bits per heavy atom. The highest BCUT2D eigenvalue weighted by Gasteiger charge is 2.13. The molecule has 2 aromatic heterocycles. The van der Waals surface area contributed by atoms with Gasteiger partial charge in [0.15, 0.2) is 10.4 Å². The summed E-state index contributed by atoms with van der Waals surface area (Å²) in [6.45, 7) is 1.90. The van der Waals surface area contributed by atoms with Crippen molar-refractivity contribution < 1.29 is 0 Å². The molecule has 0 unspecified atom stereocenters.